The third kappa shape index (κ3) is 2.31. The largest absolute Gasteiger partial charge is 0.366 e. The van der Waals surface area contributed by atoms with Crippen LogP contribution < -0.4 is 15.8 Å². The summed E-state index contributed by atoms with van der Waals surface area (Å²) >= 11 is 0. The van der Waals surface area contributed by atoms with Crippen LogP contribution in [0.4, 0.5) is 10.1 Å². The average molecular weight is 364 g/mol. The number of carbonyl (C=O) groups is 1. The Kier molecular flexibility index (Phi) is 3.42. The maximum atomic E-state index is 14.8. The lowest BCUT2D eigenvalue weighted by atomic mass is 10.1. The molecule has 0 saturated carbocycles. The van der Waals surface area contributed by atoms with E-state index in [-0.39, 0.29) is 23.0 Å². The van der Waals surface area contributed by atoms with Crippen molar-refractivity contribution in [1.29, 1.82) is 0 Å². The molecule has 5 rings (SSSR count). The second-order valence-corrected chi connectivity index (χ2v) is 7.04. The fourth-order valence-corrected chi connectivity index (χ4v) is 3.94. The van der Waals surface area contributed by atoms with Gasteiger partial charge in [-0.25, -0.2) is 9.37 Å². The van der Waals surface area contributed by atoms with Crippen LogP contribution in [0.2, 0.25) is 0 Å². The van der Waals surface area contributed by atoms with E-state index >= 15 is 0 Å². The zero-order chi connectivity index (χ0) is 18.7. The Hall–Kier alpha value is -3.06. The highest BCUT2D eigenvalue weighted by molar-refractivity contribution is 6.13. The summed E-state index contributed by atoms with van der Waals surface area (Å²) < 4.78 is 16.1. The second kappa shape index (κ2) is 5.72. The van der Waals surface area contributed by atoms with E-state index < -0.39 is 11.6 Å². The smallest absolute Gasteiger partial charge is 0.266 e. The molecule has 2 aliphatic heterocycles. The van der Waals surface area contributed by atoms with Crippen molar-refractivity contribution in [2.75, 3.05) is 24.5 Å². The van der Waals surface area contributed by atoms with Gasteiger partial charge in [0.05, 0.1) is 27.8 Å². The predicted molar refractivity (Wildman–Crippen MR) is 100 cm³/mol. The van der Waals surface area contributed by atoms with Crippen molar-refractivity contribution in [2.24, 2.45) is 0 Å². The quantitative estimate of drug-likeness (QED) is 0.559. The number of hydrogen-bond donors (Lipinski definition) is 1. The van der Waals surface area contributed by atoms with Crippen molar-refractivity contribution in [3.63, 3.8) is 0 Å². The van der Waals surface area contributed by atoms with Crippen molar-refractivity contribution in [3.8, 4) is 5.69 Å². The van der Waals surface area contributed by atoms with E-state index in [1.165, 1.54) is 10.6 Å². The van der Waals surface area contributed by atoms with Gasteiger partial charge in [0.15, 0.2) is 5.82 Å². The van der Waals surface area contributed by atoms with Crippen LogP contribution in [-0.4, -0.2) is 41.0 Å². The fraction of sp³-hybridized carbons (Fsp3) is 0.250. The van der Waals surface area contributed by atoms with Crippen LogP contribution in [0, 0.1) is 5.82 Å². The number of rotatable bonds is 1. The molecule has 3 aromatic rings. The first-order chi connectivity index (χ1) is 13.0. The predicted octanol–water partition coefficient (Wildman–Crippen LogP) is 1.87. The van der Waals surface area contributed by atoms with E-state index in [1.807, 2.05) is 11.8 Å². The lowest BCUT2D eigenvalue weighted by Gasteiger charge is -2.34. The normalized spacial score (nSPS) is 18.7. The highest BCUT2D eigenvalue weighted by Crippen LogP contribution is 2.32. The van der Waals surface area contributed by atoms with Crippen molar-refractivity contribution in [2.45, 2.75) is 13.0 Å². The SMILES string of the molecule is CC1CN(c2cc3c(cc2F)C(=O)c2nc4ccccc4c(=O)n2-3)CCN1. The summed E-state index contributed by atoms with van der Waals surface area (Å²) in [6.45, 7) is 4.10. The standard InChI is InChI=1S/C20H17FN4O2/c1-11-10-24(7-6-22-11)17-9-16-13(8-14(17)21)18(26)19-23-15-5-3-2-4-12(15)20(27)25(16)19/h2-5,8-9,11,22H,6-7,10H2,1H3. The Morgan fingerprint density at radius 3 is 2.81 bits per heavy atom. The summed E-state index contributed by atoms with van der Waals surface area (Å²) in [5.41, 5.74) is 1.14. The van der Waals surface area contributed by atoms with Crippen LogP contribution in [-0.2, 0) is 0 Å². The maximum Gasteiger partial charge on any atom is 0.266 e. The van der Waals surface area contributed by atoms with E-state index in [1.54, 1.807) is 30.3 Å². The van der Waals surface area contributed by atoms with E-state index in [2.05, 4.69) is 10.3 Å². The number of piperazine rings is 1. The summed E-state index contributed by atoms with van der Waals surface area (Å²) in [6, 6.07) is 9.97. The summed E-state index contributed by atoms with van der Waals surface area (Å²) in [5.74, 6) is -0.840. The van der Waals surface area contributed by atoms with Gasteiger partial charge in [-0.3, -0.25) is 14.2 Å². The molecule has 0 aliphatic carbocycles. The van der Waals surface area contributed by atoms with Crippen molar-refractivity contribution < 1.29 is 9.18 Å². The number of fused-ring (bicyclic) bond motifs is 4. The zero-order valence-electron chi connectivity index (χ0n) is 14.7. The van der Waals surface area contributed by atoms with Crippen molar-refractivity contribution in [1.82, 2.24) is 14.9 Å². The first-order valence-corrected chi connectivity index (χ1v) is 8.93. The summed E-state index contributed by atoms with van der Waals surface area (Å²) in [6.07, 6.45) is 0. The van der Waals surface area contributed by atoms with Gasteiger partial charge in [0.1, 0.15) is 5.82 Å². The molecule has 0 spiro atoms. The van der Waals surface area contributed by atoms with E-state index in [0.29, 0.717) is 35.4 Å². The Morgan fingerprint density at radius 2 is 2.00 bits per heavy atom. The summed E-state index contributed by atoms with van der Waals surface area (Å²) in [4.78, 5) is 32.1. The Bertz CT molecular complexity index is 1170. The first-order valence-electron chi connectivity index (χ1n) is 8.93. The number of anilines is 1. The highest BCUT2D eigenvalue weighted by atomic mass is 19.1. The molecule has 3 heterocycles. The number of halogens is 1. The molecule has 1 unspecified atom stereocenters. The van der Waals surface area contributed by atoms with Crippen molar-refractivity contribution >= 4 is 22.4 Å². The van der Waals surface area contributed by atoms with Crippen LogP contribution in [0.25, 0.3) is 16.6 Å². The molecule has 27 heavy (non-hydrogen) atoms. The molecule has 1 saturated heterocycles. The first kappa shape index (κ1) is 16.1. The fourth-order valence-electron chi connectivity index (χ4n) is 3.94. The zero-order valence-corrected chi connectivity index (χ0v) is 14.7. The number of carbonyl (C=O) groups excluding carboxylic acids is 1. The lowest BCUT2D eigenvalue weighted by Crippen LogP contribution is -2.49. The van der Waals surface area contributed by atoms with Gasteiger partial charge in [-0.05, 0) is 31.2 Å². The molecule has 7 heteroatoms. The van der Waals surface area contributed by atoms with Gasteiger partial charge in [0.25, 0.3) is 5.56 Å². The number of nitrogens with zero attached hydrogens (tertiary/aromatic N) is 3. The monoisotopic (exact) mass is 364 g/mol. The molecule has 1 N–H and O–H groups in total. The van der Waals surface area contributed by atoms with Gasteiger partial charge in [-0.1, -0.05) is 12.1 Å². The lowest BCUT2D eigenvalue weighted by molar-refractivity contribution is 0.103. The van der Waals surface area contributed by atoms with Gasteiger partial charge < -0.3 is 10.2 Å². The maximum absolute atomic E-state index is 14.8. The molecule has 1 atom stereocenters. The Labute approximate surface area is 154 Å². The molecule has 1 aromatic heterocycles. The molecule has 0 radical (unpaired) electrons. The number of aromatic nitrogens is 2. The van der Waals surface area contributed by atoms with E-state index in [4.69, 9.17) is 0 Å². The number of ketones is 1. The van der Waals surface area contributed by atoms with E-state index in [0.717, 1.165) is 6.54 Å². The minimum atomic E-state index is -0.457. The molecule has 136 valence electrons. The van der Waals surface area contributed by atoms with Crippen molar-refractivity contribution in [3.05, 3.63) is 64.0 Å². The molecule has 0 bridgehead atoms. The number of nitrogens with one attached hydrogen (secondary N) is 1. The summed E-state index contributed by atoms with van der Waals surface area (Å²) in [5, 5.41) is 3.76. The topological polar surface area (TPSA) is 67.2 Å². The highest BCUT2D eigenvalue weighted by Gasteiger charge is 2.33. The van der Waals surface area contributed by atoms with Gasteiger partial charge in [-0.2, -0.15) is 0 Å². The Balaban J connectivity index is 1.74. The minimum absolute atomic E-state index is 0.0407. The third-order valence-corrected chi connectivity index (χ3v) is 5.24. The molecule has 1 fully saturated rings. The average Bonchev–Trinajstić information content (AvgIpc) is 2.93. The van der Waals surface area contributed by atoms with Crippen LogP contribution >= 0.6 is 0 Å². The van der Waals surface area contributed by atoms with Gasteiger partial charge in [0.2, 0.25) is 5.78 Å². The third-order valence-electron chi connectivity index (χ3n) is 5.24. The number of benzene rings is 2. The molecule has 0 amide bonds. The van der Waals surface area contributed by atoms with Crippen LogP contribution in [0.15, 0.2) is 41.2 Å². The van der Waals surface area contributed by atoms with Crippen LogP contribution in [0.3, 0.4) is 0 Å². The van der Waals surface area contributed by atoms with Crippen LogP contribution in [0.5, 0.6) is 0 Å². The van der Waals surface area contributed by atoms with Crippen LogP contribution in [0.1, 0.15) is 23.1 Å². The van der Waals surface area contributed by atoms with Gasteiger partial charge in [-0.15, -0.1) is 0 Å². The second-order valence-electron chi connectivity index (χ2n) is 7.04. The van der Waals surface area contributed by atoms with Gasteiger partial charge >= 0.3 is 0 Å². The molecular formula is C20H17FN4O2. The molecule has 2 aliphatic rings. The summed E-state index contributed by atoms with van der Waals surface area (Å²) in [7, 11) is 0. The minimum Gasteiger partial charge on any atom is -0.366 e. The molecule has 6 nitrogen and oxygen atoms in total. The van der Waals surface area contributed by atoms with E-state index in [9.17, 15) is 14.0 Å². The van der Waals surface area contributed by atoms with Gasteiger partial charge in [0, 0.05) is 25.7 Å². The molecule has 2 aromatic carbocycles. The number of hydrogen-bond acceptors (Lipinski definition) is 5. The molecular weight excluding hydrogens is 347 g/mol. The Morgan fingerprint density at radius 1 is 1.19 bits per heavy atom. The number of para-hydroxylation sites is 1.